The van der Waals surface area contributed by atoms with Crippen LogP contribution in [0.15, 0.2) is 66.7 Å². The summed E-state index contributed by atoms with van der Waals surface area (Å²) < 4.78 is 13.5. The zero-order valence-electron chi connectivity index (χ0n) is 38.4. The molecule has 0 bridgehead atoms. The Kier molecular flexibility index (Phi) is 19.4. The first-order valence-electron chi connectivity index (χ1n) is 24.8. The lowest BCUT2D eigenvalue weighted by atomic mass is 9.93. The molecule has 6 rings (SSSR count). The summed E-state index contributed by atoms with van der Waals surface area (Å²) >= 11 is 7.03. The number of hydrogen-bond donors (Lipinski definition) is 0. The van der Waals surface area contributed by atoms with E-state index in [9.17, 15) is 9.59 Å². The van der Waals surface area contributed by atoms with Crippen LogP contribution in [0.4, 0.5) is 11.4 Å². The van der Waals surface area contributed by atoms with E-state index in [0.29, 0.717) is 56.9 Å². The minimum Gasteiger partial charge on any atom is -0.449 e. The molecule has 2 atom stereocenters. The van der Waals surface area contributed by atoms with E-state index in [4.69, 9.17) is 8.83 Å². The molecule has 0 aliphatic carbocycles. The predicted molar refractivity (Wildman–Crippen MR) is 266 cm³/mol. The number of unbranched alkanes of at least 4 members (excludes halogenated alkanes) is 16. The molecule has 8 heteroatoms. The van der Waals surface area contributed by atoms with Crippen LogP contribution in [0.3, 0.4) is 0 Å². The Balaban J connectivity index is 1.43. The van der Waals surface area contributed by atoms with Gasteiger partial charge in [-0.2, -0.15) is 0 Å². The number of carbonyl (C=O) groups excluding carboxylic acids is 2. The molecule has 0 fully saturated rings. The average molecular weight is 975 g/mol. The Morgan fingerprint density at radius 2 is 0.758 bits per heavy atom. The summed E-state index contributed by atoms with van der Waals surface area (Å²) in [5.41, 5.74) is 3.13. The first kappa shape index (κ1) is 48.4. The summed E-state index contributed by atoms with van der Waals surface area (Å²) in [7, 11) is 0. The highest BCUT2D eigenvalue weighted by molar-refractivity contribution is 9.10. The zero-order valence-corrected chi connectivity index (χ0v) is 41.6. The Morgan fingerprint density at radius 3 is 1.08 bits per heavy atom. The molecule has 0 saturated carbocycles. The number of halogens is 2. The van der Waals surface area contributed by atoms with E-state index in [1.165, 1.54) is 128 Å². The summed E-state index contributed by atoms with van der Waals surface area (Å²) in [5, 5.41) is 3.82. The summed E-state index contributed by atoms with van der Waals surface area (Å²) in [4.78, 5) is 34.1. The van der Waals surface area contributed by atoms with Gasteiger partial charge >= 0.3 is 0 Å². The number of rotatable bonds is 30. The van der Waals surface area contributed by atoms with E-state index in [-0.39, 0.29) is 11.8 Å². The predicted octanol–water partition coefficient (Wildman–Crippen LogP) is 15.3. The fourth-order valence-corrected chi connectivity index (χ4v) is 10.7. The molecule has 0 spiro atoms. The van der Waals surface area contributed by atoms with Gasteiger partial charge in [0.05, 0.1) is 22.5 Å². The zero-order chi connectivity index (χ0) is 43.8. The van der Waals surface area contributed by atoms with Crippen LogP contribution >= 0.6 is 31.9 Å². The summed E-state index contributed by atoms with van der Waals surface area (Å²) in [6.07, 6.45) is 29.4. The van der Waals surface area contributed by atoms with Crippen molar-refractivity contribution in [3.05, 3.63) is 79.8 Å². The van der Waals surface area contributed by atoms with Crippen molar-refractivity contribution in [1.82, 2.24) is 0 Å². The van der Waals surface area contributed by atoms with Crippen LogP contribution < -0.4 is 20.2 Å². The lowest BCUT2D eigenvalue weighted by Gasteiger charge is -2.28. The van der Waals surface area contributed by atoms with Crippen molar-refractivity contribution in [2.75, 3.05) is 22.9 Å². The first-order chi connectivity index (χ1) is 30.3. The van der Waals surface area contributed by atoms with Crippen LogP contribution in [0.1, 0.15) is 193 Å². The van der Waals surface area contributed by atoms with Gasteiger partial charge in [0.1, 0.15) is 11.5 Å². The van der Waals surface area contributed by atoms with E-state index >= 15 is 0 Å². The summed E-state index contributed by atoms with van der Waals surface area (Å²) in [5.74, 6) is 1.96. The Labute approximate surface area is 389 Å². The highest BCUT2D eigenvalue weighted by Gasteiger charge is 2.38. The van der Waals surface area contributed by atoms with Crippen molar-refractivity contribution < 1.29 is 18.4 Å². The van der Waals surface area contributed by atoms with Gasteiger partial charge in [0.15, 0.2) is 9.34 Å². The number of carbonyl (C=O) groups is 2. The molecular weight excluding hydrogens is 900 g/mol. The van der Waals surface area contributed by atoms with Crippen LogP contribution in [0.2, 0.25) is 0 Å². The van der Waals surface area contributed by atoms with E-state index in [1.807, 2.05) is 24.3 Å². The summed E-state index contributed by atoms with van der Waals surface area (Å²) in [6.45, 7) is 10.4. The highest BCUT2D eigenvalue weighted by Crippen LogP contribution is 2.40. The van der Waals surface area contributed by atoms with Crippen molar-refractivity contribution in [2.45, 2.75) is 182 Å². The number of hydrogen-bond acceptors (Lipinski definition) is 4. The lowest BCUT2D eigenvalue weighted by Crippen LogP contribution is -2.34. The Bertz CT molecular complexity index is 2030. The van der Waals surface area contributed by atoms with E-state index < -0.39 is 0 Å². The number of furan rings is 2. The second-order valence-electron chi connectivity index (χ2n) is 18.4. The monoisotopic (exact) mass is 972 g/mol. The number of amides is 2. The normalized spacial score (nSPS) is 14.8. The molecule has 2 unspecified atom stereocenters. The maximum absolute atomic E-state index is 15.0. The molecule has 2 aromatic heterocycles. The molecule has 2 aliphatic heterocycles. The molecule has 338 valence electrons. The average Bonchev–Trinajstić information content (AvgIpc) is 4.03. The highest BCUT2D eigenvalue weighted by atomic mass is 79.9. The quantitative estimate of drug-likeness (QED) is 0.0488. The number of fused-ring (bicyclic) bond motifs is 5. The SMILES string of the molecule is CCCCCCCCC(CCCCCC)CN1C(=O)C(c2ccc(Br)o2)=c2ccc3c4c(ccc3c21)=C(c1ccc(Br)o1)C(=O)N4CC(CCCCCC)CCCCCCCC. The first-order valence-corrected chi connectivity index (χ1v) is 26.4. The van der Waals surface area contributed by atoms with Crippen molar-refractivity contribution >= 4 is 77.0 Å². The van der Waals surface area contributed by atoms with Gasteiger partial charge in [0.2, 0.25) is 0 Å². The van der Waals surface area contributed by atoms with Crippen molar-refractivity contribution in [2.24, 2.45) is 11.8 Å². The molecule has 6 nitrogen and oxygen atoms in total. The minimum absolute atomic E-state index is 0.00283. The van der Waals surface area contributed by atoms with E-state index in [0.717, 1.165) is 58.3 Å². The van der Waals surface area contributed by atoms with Gasteiger partial charge < -0.3 is 18.6 Å². The van der Waals surface area contributed by atoms with Gasteiger partial charge in [-0.15, -0.1) is 0 Å². The molecule has 2 amide bonds. The number of nitrogens with zero attached hydrogens (tertiary/aromatic N) is 2. The van der Waals surface area contributed by atoms with E-state index in [1.54, 1.807) is 0 Å². The summed E-state index contributed by atoms with van der Waals surface area (Å²) in [6, 6.07) is 16.1. The lowest BCUT2D eigenvalue weighted by molar-refractivity contribution is -0.114. The van der Waals surface area contributed by atoms with Gasteiger partial charge in [-0.1, -0.05) is 180 Å². The van der Waals surface area contributed by atoms with Crippen molar-refractivity contribution in [3.63, 3.8) is 0 Å². The minimum atomic E-state index is 0.00283. The molecule has 0 N–H and O–H groups in total. The second-order valence-corrected chi connectivity index (χ2v) is 19.9. The molecule has 2 aliphatic rings. The molecule has 4 heterocycles. The fourth-order valence-electron chi connectivity index (χ4n) is 10.1. The van der Waals surface area contributed by atoms with Crippen LogP contribution in [-0.4, -0.2) is 24.9 Å². The molecule has 0 radical (unpaired) electrons. The van der Waals surface area contributed by atoms with Gasteiger partial charge in [-0.05, 0) is 93.6 Å². The van der Waals surface area contributed by atoms with Gasteiger partial charge in [0, 0.05) is 34.3 Å². The third-order valence-electron chi connectivity index (χ3n) is 13.5. The van der Waals surface area contributed by atoms with Crippen LogP contribution in [0.25, 0.3) is 21.9 Å². The van der Waals surface area contributed by atoms with Crippen molar-refractivity contribution in [3.8, 4) is 0 Å². The van der Waals surface area contributed by atoms with Gasteiger partial charge in [-0.3, -0.25) is 9.59 Å². The van der Waals surface area contributed by atoms with Gasteiger partial charge in [0.25, 0.3) is 11.8 Å². The number of benzene rings is 2. The molecular formula is C54H74Br2N2O4. The van der Waals surface area contributed by atoms with Crippen LogP contribution in [0, 0.1) is 11.8 Å². The van der Waals surface area contributed by atoms with Crippen molar-refractivity contribution in [1.29, 1.82) is 0 Å². The molecule has 0 saturated heterocycles. The van der Waals surface area contributed by atoms with E-state index in [2.05, 4.69) is 93.6 Å². The Morgan fingerprint density at radius 1 is 0.435 bits per heavy atom. The molecule has 2 aromatic carbocycles. The third kappa shape index (κ3) is 12.2. The van der Waals surface area contributed by atoms with Crippen LogP contribution in [0.5, 0.6) is 0 Å². The maximum atomic E-state index is 15.0. The maximum Gasteiger partial charge on any atom is 0.262 e. The second kappa shape index (κ2) is 24.8. The largest absolute Gasteiger partial charge is 0.449 e. The number of anilines is 2. The van der Waals surface area contributed by atoms with Crippen LogP contribution in [-0.2, 0) is 9.59 Å². The molecule has 4 aromatic rings. The third-order valence-corrected chi connectivity index (χ3v) is 14.4. The topological polar surface area (TPSA) is 66.9 Å². The Hall–Kier alpha value is -3.10. The van der Waals surface area contributed by atoms with Gasteiger partial charge in [-0.25, -0.2) is 0 Å². The smallest absolute Gasteiger partial charge is 0.262 e. The molecule has 62 heavy (non-hydrogen) atoms. The standard InChI is InChI=1S/C54H74Br2N2O4/c1-5-9-13-17-19-23-27-39(25-21-15-11-7-3)37-57-51-41-29-32-44-50(46-34-36-48(56)62-46)54(60)58(38-40(26-22-16-12-8-4)28-24-20-18-14-10-6-2)52(44)42(41)30-31-43(51)49(53(57)59)45-33-35-47(55)61-45/h29-36,39-40H,5-28,37-38H2,1-4H3. The fraction of sp³-hybridized carbons (Fsp3) is 0.593.